The van der Waals surface area contributed by atoms with E-state index in [2.05, 4.69) is 19.1 Å². The number of ether oxygens (including phenoxy) is 2. The van der Waals surface area contributed by atoms with Crippen molar-refractivity contribution in [2.45, 2.75) is 64.3 Å². The van der Waals surface area contributed by atoms with Crippen molar-refractivity contribution in [1.29, 1.82) is 0 Å². The summed E-state index contributed by atoms with van der Waals surface area (Å²) in [6.07, 6.45) is -8.14. The average Bonchev–Trinajstić information content (AvgIpc) is 2.92. The lowest BCUT2D eigenvalue weighted by molar-refractivity contribution is -0.219. The van der Waals surface area contributed by atoms with Crippen LogP contribution < -0.4 is 0 Å². The van der Waals surface area contributed by atoms with E-state index in [0.717, 1.165) is 24.8 Å². The molecule has 9 heteroatoms. The van der Waals surface area contributed by atoms with E-state index in [1.807, 2.05) is 18.2 Å². The Balaban J connectivity index is 1.41. The summed E-state index contributed by atoms with van der Waals surface area (Å²) < 4.78 is 107. The highest BCUT2D eigenvalue weighted by atomic mass is 19.4. The fraction of sp³-hybridized carbons (Fsp3) is 0.455. The normalized spacial score (nSPS) is 26.6. The van der Waals surface area contributed by atoms with E-state index >= 15 is 0 Å². The Morgan fingerprint density at radius 2 is 1.50 bits per heavy atom. The summed E-state index contributed by atoms with van der Waals surface area (Å²) >= 11 is 0. The van der Waals surface area contributed by atoms with Gasteiger partial charge in [-0.25, -0.2) is 4.39 Å². The van der Waals surface area contributed by atoms with Gasteiger partial charge in [-0.15, -0.1) is 0 Å². The lowest BCUT2D eigenvalue weighted by Crippen LogP contribution is -2.47. The summed E-state index contributed by atoms with van der Waals surface area (Å²) in [6.45, 7) is 3.86. The SMILES string of the molecule is Cc1cc(F)ccc1[C@@H]1[C@@H](OCc2cc(C(F)(F)F)cc(C(F)(F)F)c2)OC[C@@H]2CC(Cc3ccccc3)[C@H](C)C[C@H]21. The molecule has 1 unspecified atom stereocenters. The zero-order valence-electron chi connectivity index (χ0n) is 23.3. The molecule has 6 atom stereocenters. The first-order valence-electron chi connectivity index (χ1n) is 14.1. The minimum absolute atomic E-state index is 0.0854. The van der Waals surface area contributed by atoms with E-state index in [1.54, 1.807) is 13.0 Å². The van der Waals surface area contributed by atoms with Crippen LogP contribution in [0.15, 0.2) is 66.7 Å². The van der Waals surface area contributed by atoms with Crippen molar-refractivity contribution in [2.75, 3.05) is 6.61 Å². The third-order valence-electron chi connectivity index (χ3n) is 8.88. The Labute approximate surface area is 240 Å². The van der Waals surface area contributed by atoms with E-state index < -0.39 is 42.2 Å². The minimum Gasteiger partial charge on any atom is -0.352 e. The van der Waals surface area contributed by atoms with Crippen LogP contribution in [0.25, 0.3) is 0 Å². The molecule has 0 N–H and O–H groups in total. The number of halogens is 7. The van der Waals surface area contributed by atoms with Gasteiger partial charge >= 0.3 is 12.4 Å². The maximum atomic E-state index is 14.1. The zero-order chi connectivity index (χ0) is 30.2. The zero-order valence-corrected chi connectivity index (χ0v) is 23.3. The van der Waals surface area contributed by atoms with Crippen LogP contribution in [0, 0.1) is 36.4 Å². The standard InChI is InChI=1S/C33H33F7O2/c1-19-11-29-24(15-23(19)12-21-6-4-3-5-7-21)18-42-31(30(29)28-9-8-27(34)10-20(28)2)41-17-22-13-25(32(35,36)37)16-26(14-22)33(38,39)40/h3-10,13-14,16,19,23-24,29-31H,11-12,15,17-18H2,1-2H3/t19-,23?,24+,29-,30+,31+/m1/s1. The lowest BCUT2D eigenvalue weighted by atomic mass is 9.61. The molecule has 2 nitrogen and oxygen atoms in total. The number of rotatable bonds is 6. The van der Waals surface area contributed by atoms with Crippen molar-refractivity contribution < 1.29 is 40.2 Å². The number of benzene rings is 3. The average molecular weight is 595 g/mol. The van der Waals surface area contributed by atoms with E-state index in [-0.39, 0.29) is 29.4 Å². The number of hydrogen-bond acceptors (Lipinski definition) is 2. The van der Waals surface area contributed by atoms with Gasteiger partial charge in [-0.3, -0.25) is 0 Å². The van der Waals surface area contributed by atoms with Crippen molar-refractivity contribution in [3.63, 3.8) is 0 Å². The molecular weight excluding hydrogens is 561 g/mol. The second kappa shape index (κ2) is 12.0. The molecule has 0 amide bonds. The van der Waals surface area contributed by atoms with Gasteiger partial charge in [0.05, 0.1) is 24.3 Å². The monoisotopic (exact) mass is 594 g/mol. The second-order valence-corrected chi connectivity index (χ2v) is 11.8. The van der Waals surface area contributed by atoms with Gasteiger partial charge < -0.3 is 9.47 Å². The lowest BCUT2D eigenvalue weighted by Gasteiger charge is -2.49. The van der Waals surface area contributed by atoms with Crippen LogP contribution in [0.5, 0.6) is 0 Å². The highest BCUT2D eigenvalue weighted by Crippen LogP contribution is 2.51. The molecule has 226 valence electrons. The maximum Gasteiger partial charge on any atom is 0.416 e. The number of hydrogen-bond donors (Lipinski definition) is 0. The molecule has 2 fully saturated rings. The first kappa shape index (κ1) is 30.5. The quantitative estimate of drug-likeness (QED) is 0.265. The molecule has 1 saturated carbocycles. The molecule has 0 bridgehead atoms. The van der Waals surface area contributed by atoms with Crippen molar-refractivity contribution in [3.05, 3.63) is 106 Å². The van der Waals surface area contributed by atoms with E-state index in [1.165, 1.54) is 17.7 Å². The first-order chi connectivity index (χ1) is 19.8. The van der Waals surface area contributed by atoms with Crippen LogP contribution in [-0.2, 0) is 34.9 Å². The second-order valence-electron chi connectivity index (χ2n) is 11.8. The van der Waals surface area contributed by atoms with Gasteiger partial charge in [0.1, 0.15) is 5.82 Å². The fourth-order valence-corrected chi connectivity index (χ4v) is 6.79. The van der Waals surface area contributed by atoms with Gasteiger partial charge in [0.2, 0.25) is 0 Å². The van der Waals surface area contributed by atoms with Gasteiger partial charge in [-0.2, -0.15) is 26.3 Å². The van der Waals surface area contributed by atoms with E-state index in [0.29, 0.717) is 36.1 Å². The number of alkyl halides is 6. The topological polar surface area (TPSA) is 18.5 Å². The highest BCUT2D eigenvalue weighted by molar-refractivity contribution is 5.34. The predicted molar refractivity (Wildman–Crippen MR) is 144 cm³/mol. The largest absolute Gasteiger partial charge is 0.416 e. The summed E-state index contributed by atoms with van der Waals surface area (Å²) in [5.74, 6) is 0.279. The molecule has 3 aromatic carbocycles. The molecule has 5 rings (SSSR count). The van der Waals surface area contributed by atoms with Crippen LogP contribution in [-0.4, -0.2) is 12.9 Å². The maximum absolute atomic E-state index is 14.1. The van der Waals surface area contributed by atoms with Gasteiger partial charge in [-0.05, 0) is 102 Å². The molecule has 1 aliphatic carbocycles. The number of aryl methyl sites for hydroxylation is 1. The molecule has 3 aromatic rings. The van der Waals surface area contributed by atoms with E-state index in [9.17, 15) is 30.7 Å². The number of fused-ring (bicyclic) bond motifs is 1. The molecule has 1 saturated heterocycles. The van der Waals surface area contributed by atoms with Crippen molar-refractivity contribution in [3.8, 4) is 0 Å². The highest BCUT2D eigenvalue weighted by Gasteiger charge is 2.47. The first-order valence-corrected chi connectivity index (χ1v) is 14.1. The molecule has 0 aromatic heterocycles. The van der Waals surface area contributed by atoms with E-state index in [4.69, 9.17) is 9.47 Å². The van der Waals surface area contributed by atoms with Crippen molar-refractivity contribution >= 4 is 0 Å². The Morgan fingerprint density at radius 1 is 0.833 bits per heavy atom. The molecule has 1 heterocycles. The molecule has 0 radical (unpaired) electrons. The Bertz CT molecular complexity index is 1340. The summed E-state index contributed by atoms with van der Waals surface area (Å²) in [7, 11) is 0. The third-order valence-corrected chi connectivity index (χ3v) is 8.88. The summed E-state index contributed by atoms with van der Waals surface area (Å²) in [6, 6.07) is 16.2. The summed E-state index contributed by atoms with van der Waals surface area (Å²) in [4.78, 5) is 0. The van der Waals surface area contributed by atoms with Crippen molar-refractivity contribution in [1.82, 2.24) is 0 Å². The molecular formula is C33H33F7O2. The molecule has 1 aliphatic heterocycles. The molecule has 42 heavy (non-hydrogen) atoms. The Kier molecular flexibility index (Phi) is 8.72. The van der Waals surface area contributed by atoms with Crippen LogP contribution in [0.3, 0.4) is 0 Å². The molecule has 0 spiro atoms. The van der Waals surface area contributed by atoms with Crippen LogP contribution >= 0.6 is 0 Å². The Hall–Kier alpha value is -2.91. The fourth-order valence-electron chi connectivity index (χ4n) is 6.79. The Morgan fingerprint density at radius 3 is 2.12 bits per heavy atom. The third kappa shape index (κ3) is 6.83. The summed E-state index contributed by atoms with van der Waals surface area (Å²) in [5.41, 5.74) is -0.275. The van der Waals surface area contributed by atoms with Gasteiger partial charge in [0.25, 0.3) is 0 Å². The van der Waals surface area contributed by atoms with Gasteiger partial charge in [-0.1, -0.05) is 43.3 Å². The summed E-state index contributed by atoms with van der Waals surface area (Å²) in [5, 5.41) is 0. The van der Waals surface area contributed by atoms with Gasteiger partial charge in [0.15, 0.2) is 6.29 Å². The minimum atomic E-state index is -4.95. The predicted octanol–water partition coefficient (Wildman–Crippen LogP) is 9.35. The smallest absolute Gasteiger partial charge is 0.352 e. The van der Waals surface area contributed by atoms with Crippen LogP contribution in [0.4, 0.5) is 30.7 Å². The van der Waals surface area contributed by atoms with Crippen molar-refractivity contribution in [2.24, 2.45) is 23.7 Å². The van der Waals surface area contributed by atoms with Crippen LogP contribution in [0.1, 0.15) is 59.1 Å². The van der Waals surface area contributed by atoms with Crippen LogP contribution in [0.2, 0.25) is 0 Å². The molecule has 2 aliphatic rings. The van der Waals surface area contributed by atoms with Gasteiger partial charge in [0, 0.05) is 5.92 Å².